The summed E-state index contributed by atoms with van der Waals surface area (Å²) in [6, 6.07) is 4.34. The van der Waals surface area contributed by atoms with Crippen molar-refractivity contribution in [3.8, 4) is 0 Å². The van der Waals surface area contributed by atoms with Gasteiger partial charge in [0, 0.05) is 6.04 Å². The molecule has 2 aromatic rings. The summed E-state index contributed by atoms with van der Waals surface area (Å²) in [6.07, 6.45) is 2.11. The predicted molar refractivity (Wildman–Crippen MR) is 64.4 cm³/mol. The molecular weight excluding hydrogens is 216 g/mol. The molecule has 4 nitrogen and oxygen atoms in total. The fourth-order valence-corrected chi connectivity index (χ4v) is 2.20. The Hall–Kier alpha value is -1.84. The number of fused-ring (bicyclic) bond motifs is 1. The number of aromatic carboxylic acids is 1. The number of carboxylic acids is 1. The normalized spacial score (nSPS) is 15.4. The van der Waals surface area contributed by atoms with E-state index in [9.17, 15) is 9.90 Å². The number of carbonyl (C=O) groups is 1. The van der Waals surface area contributed by atoms with Crippen molar-refractivity contribution in [2.75, 3.05) is 0 Å². The molecule has 88 valence electrons. The minimum absolute atomic E-state index is 0.174. The van der Waals surface area contributed by atoms with Gasteiger partial charge in [-0.05, 0) is 49.9 Å². The second-order valence-corrected chi connectivity index (χ2v) is 4.77. The van der Waals surface area contributed by atoms with Crippen LogP contribution in [0.1, 0.15) is 40.6 Å². The van der Waals surface area contributed by atoms with Crippen LogP contribution in [-0.4, -0.2) is 20.6 Å². The first-order valence-electron chi connectivity index (χ1n) is 5.80. The number of aryl methyl sites for hydroxylation is 2. The third-order valence-electron chi connectivity index (χ3n) is 3.41. The fourth-order valence-electron chi connectivity index (χ4n) is 2.20. The zero-order valence-corrected chi connectivity index (χ0v) is 9.90. The summed E-state index contributed by atoms with van der Waals surface area (Å²) in [5.41, 5.74) is 4.07. The molecule has 4 heteroatoms. The average Bonchev–Trinajstić information content (AvgIpc) is 3.02. The topological polar surface area (TPSA) is 55.1 Å². The second kappa shape index (κ2) is 3.32. The van der Waals surface area contributed by atoms with Gasteiger partial charge in [0.05, 0.1) is 11.0 Å². The molecule has 1 heterocycles. The Morgan fingerprint density at radius 3 is 2.59 bits per heavy atom. The third-order valence-corrected chi connectivity index (χ3v) is 3.41. The van der Waals surface area contributed by atoms with Crippen LogP contribution in [0, 0.1) is 13.8 Å². The maximum absolute atomic E-state index is 11.2. The molecule has 0 amide bonds. The predicted octanol–water partition coefficient (Wildman–Crippen LogP) is 2.69. The number of hydrogen-bond acceptors (Lipinski definition) is 2. The minimum atomic E-state index is -0.941. The van der Waals surface area contributed by atoms with Crippen molar-refractivity contribution in [1.82, 2.24) is 9.55 Å². The Morgan fingerprint density at radius 1 is 1.35 bits per heavy atom. The smallest absolute Gasteiger partial charge is 0.372 e. The highest BCUT2D eigenvalue weighted by Crippen LogP contribution is 2.39. The van der Waals surface area contributed by atoms with Crippen molar-refractivity contribution in [2.45, 2.75) is 32.7 Å². The zero-order chi connectivity index (χ0) is 12.2. The van der Waals surface area contributed by atoms with E-state index < -0.39 is 5.97 Å². The lowest BCUT2D eigenvalue weighted by Gasteiger charge is -2.05. The van der Waals surface area contributed by atoms with Crippen molar-refractivity contribution < 1.29 is 9.90 Å². The molecule has 1 aromatic heterocycles. The summed E-state index contributed by atoms with van der Waals surface area (Å²) in [5.74, 6) is -0.768. The Balaban J connectivity index is 2.34. The number of hydrogen-bond donors (Lipinski definition) is 1. The molecule has 1 fully saturated rings. The summed E-state index contributed by atoms with van der Waals surface area (Å²) < 4.78 is 1.88. The fraction of sp³-hybridized carbons (Fsp3) is 0.385. The van der Waals surface area contributed by atoms with Gasteiger partial charge in [-0.15, -0.1) is 0 Å². The van der Waals surface area contributed by atoms with Gasteiger partial charge in [-0.25, -0.2) is 9.78 Å². The maximum atomic E-state index is 11.2. The molecule has 0 saturated heterocycles. The number of benzene rings is 1. The summed E-state index contributed by atoms with van der Waals surface area (Å²) >= 11 is 0. The average molecular weight is 230 g/mol. The highest BCUT2D eigenvalue weighted by Gasteiger charge is 2.30. The molecule has 1 aliphatic rings. The number of carboxylic acid groups (broad SMARTS) is 1. The van der Waals surface area contributed by atoms with E-state index in [1.54, 1.807) is 0 Å². The van der Waals surface area contributed by atoms with Gasteiger partial charge >= 0.3 is 5.97 Å². The molecule has 1 saturated carbocycles. The van der Waals surface area contributed by atoms with E-state index in [1.165, 1.54) is 5.56 Å². The quantitative estimate of drug-likeness (QED) is 0.862. The van der Waals surface area contributed by atoms with Gasteiger partial charge in [-0.2, -0.15) is 0 Å². The molecule has 1 N–H and O–H groups in total. The van der Waals surface area contributed by atoms with Crippen LogP contribution in [0.5, 0.6) is 0 Å². The van der Waals surface area contributed by atoms with Crippen molar-refractivity contribution in [3.63, 3.8) is 0 Å². The van der Waals surface area contributed by atoms with Crippen molar-refractivity contribution in [1.29, 1.82) is 0 Å². The van der Waals surface area contributed by atoms with Crippen LogP contribution in [-0.2, 0) is 0 Å². The monoisotopic (exact) mass is 230 g/mol. The van der Waals surface area contributed by atoms with Crippen molar-refractivity contribution in [2.24, 2.45) is 0 Å². The lowest BCUT2D eigenvalue weighted by Crippen LogP contribution is -2.08. The first kappa shape index (κ1) is 10.3. The van der Waals surface area contributed by atoms with Crippen molar-refractivity contribution >= 4 is 17.0 Å². The van der Waals surface area contributed by atoms with Gasteiger partial charge < -0.3 is 9.67 Å². The molecule has 1 aliphatic carbocycles. The summed E-state index contributed by atoms with van der Waals surface area (Å²) in [7, 11) is 0. The van der Waals surface area contributed by atoms with Crippen LogP contribution in [0.2, 0.25) is 0 Å². The molecule has 3 rings (SSSR count). The van der Waals surface area contributed by atoms with Gasteiger partial charge in [0.15, 0.2) is 0 Å². The first-order chi connectivity index (χ1) is 8.08. The molecule has 0 radical (unpaired) electrons. The lowest BCUT2D eigenvalue weighted by molar-refractivity contribution is 0.0678. The molecule has 0 aliphatic heterocycles. The van der Waals surface area contributed by atoms with Gasteiger partial charge in [0.2, 0.25) is 5.82 Å². The SMILES string of the molecule is Cc1cc2nc(C(=O)O)n(C3CC3)c2cc1C. The van der Waals surface area contributed by atoms with Gasteiger partial charge in [-0.3, -0.25) is 0 Å². The highest BCUT2D eigenvalue weighted by atomic mass is 16.4. The largest absolute Gasteiger partial charge is 0.475 e. The Kier molecular flexibility index (Phi) is 2.02. The number of rotatable bonds is 2. The van der Waals surface area contributed by atoms with Crippen LogP contribution >= 0.6 is 0 Å². The van der Waals surface area contributed by atoms with E-state index in [1.807, 2.05) is 30.5 Å². The highest BCUT2D eigenvalue weighted by molar-refractivity contribution is 5.90. The lowest BCUT2D eigenvalue weighted by atomic mass is 10.1. The van der Waals surface area contributed by atoms with E-state index in [0.29, 0.717) is 6.04 Å². The standard InChI is InChI=1S/C13H14N2O2/c1-7-5-10-11(6-8(7)2)15(9-3-4-9)12(14-10)13(16)17/h5-6,9H,3-4H2,1-2H3,(H,16,17). The third kappa shape index (κ3) is 1.52. The molecule has 0 spiro atoms. The van der Waals surface area contributed by atoms with E-state index in [-0.39, 0.29) is 5.82 Å². The molecular formula is C13H14N2O2. The number of aromatic nitrogens is 2. The first-order valence-corrected chi connectivity index (χ1v) is 5.80. The van der Waals surface area contributed by atoms with Crippen LogP contribution < -0.4 is 0 Å². The Bertz CT molecular complexity index is 624. The van der Waals surface area contributed by atoms with Crippen LogP contribution in [0.3, 0.4) is 0 Å². The van der Waals surface area contributed by atoms with E-state index >= 15 is 0 Å². The minimum Gasteiger partial charge on any atom is -0.475 e. The van der Waals surface area contributed by atoms with Gasteiger partial charge in [0.1, 0.15) is 0 Å². The summed E-state index contributed by atoms with van der Waals surface area (Å²) in [5, 5.41) is 9.20. The maximum Gasteiger partial charge on any atom is 0.372 e. The van der Waals surface area contributed by atoms with E-state index in [4.69, 9.17) is 0 Å². The van der Waals surface area contributed by atoms with Crippen LogP contribution in [0.4, 0.5) is 0 Å². The van der Waals surface area contributed by atoms with Crippen LogP contribution in [0.15, 0.2) is 12.1 Å². The second-order valence-electron chi connectivity index (χ2n) is 4.77. The number of nitrogens with zero attached hydrogens (tertiary/aromatic N) is 2. The Morgan fingerprint density at radius 2 is 2.00 bits per heavy atom. The van der Waals surface area contributed by atoms with E-state index in [0.717, 1.165) is 29.4 Å². The molecule has 0 unspecified atom stereocenters. The van der Waals surface area contributed by atoms with Gasteiger partial charge in [-0.1, -0.05) is 0 Å². The van der Waals surface area contributed by atoms with E-state index in [2.05, 4.69) is 4.98 Å². The summed E-state index contributed by atoms with van der Waals surface area (Å²) in [4.78, 5) is 15.4. The zero-order valence-electron chi connectivity index (χ0n) is 9.90. The van der Waals surface area contributed by atoms with Gasteiger partial charge in [0.25, 0.3) is 0 Å². The summed E-state index contributed by atoms with van der Waals surface area (Å²) in [6.45, 7) is 4.06. The molecule has 0 atom stereocenters. The number of imidazole rings is 1. The molecule has 0 bridgehead atoms. The van der Waals surface area contributed by atoms with Crippen LogP contribution in [0.25, 0.3) is 11.0 Å². The molecule has 17 heavy (non-hydrogen) atoms. The Labute approximate surface area is 98.9 Å². The van der Waals surface area contributed by atoms with Crippen molar-refractivity contribution in [3.05, 3.63) is 29.1 Å². The molecule has 1 aromatic carbocycles.